The zero-order chi connectivity index (χ0) is 18.8. The monoisotopic (exact) mass is 375 g/mol. The minimum absolute atomic E-state index is 1.09. The molecule has 0 saturated heterocycles. The summed E-state index contributed by atoms with van der Waals surface area (Å²) < 4.78 is 0. The first-order valence-electron chi connectivity index (χ1n) is 9.95. The molecule has 0 aromatic heterocycles. The van der Waals surface area contributed by atoms with E-state index < -0.39 is 7.26 Å². The van der Waals surface area contributed by atoms with Crippen molar-refractivity contribution in [1.82, 2.24) is 0 Å². The molecule has 3 aromatic carbocycles. The number of rotatable bonds is 9. The molecule has 0 saturated carbocycles. The summed E-state index contributed by atoms with van der Waals surface area (Å²) in [5.41, 5.74) is 0. The van der Waals surface area contributed by atoms with Crippen molar-refractivity contribution in [2.75, 3.05) is 13.2 Å². The van der Waals surface area contributed by atoms with Crippen LogP contribution in [-0.4, -0.2) is 19.4 Å². The molecule has 0 radical (unpaired) electrons. The van der Waals surface area contributed by atoms with Gasteiger partial charge < -0.3 is 0 Å². The molecule has 0 fully saturated rings. The summed E-state index contributed by atoms with van der Waals surface area (Å²) in [6.45, 7) is 0. The molecule has 0 unspecified atom stereocenters. The van der Waals surface area contributed by atoms with Crippen molar-refractivity contribution in [3.63, 3.8) is 0 Å². The van der Waals surface area contributed by atoms with Crippen molar-refractivity contribution in [1.29, 1.82) is 0 Å². The van der Waals surface area contributed by atoms with Gasteiger partial charge >= 0.3 is 164 Å². The van der Waals surface area contributed by atoms with Gasteiger partial charge in [-0.1, -0.05) is 0 Å². The first kappa shape index (κ1) is 19.5. The standard InChI is InChI=1S/C25H30NP/c1-26-21-13-2-3-14-22-27(23-15-7-4-8-16-23,24-17-9-5-10-18-24)25-19-11-6-12-20-25/h4-12,15-21,27H,2-3,13-14,22H2,1H3/b26-21+. The van der Waals surface area contributed by atoms with Crippen LogP contribution in [0.2, 0.25) is 0 Å². The molecular weight excluding hydrogens is 345 g/mol. The molecule has 0 spiro atoms. The Labute approximate surface area is 164 Å². The van der Waals surface area contributed by atoms with Crippen molar-refractivity contribution in [3.05, 3.63) is 91.0 Å². The second-order valence-electron chi connectivity index (χ2n) is 7.04. The van der Waals surface area contributed by atoms with Crippen LogP contribution in [0, 0.1) is 0 Å². The fourth-order valence-corrected chi connectivity index (χ4v) is 8.96. The van der Waals surface area contributed by atoms with E-state index >= 15 is 0 Å². The zero-order valence-electron chi connectivity index (χ0n) is 16.2. The molecule has 1 nitrogen and oxygen atoms in total. The average Bonchev–Trinajstić information content (AvgIpc) is 2.75. The van der Waals surface area contributed by atoms with Crippen LogP contribution in [0.25, 0.3) is 0 Å². The summed E-state index contributed by atoms with van der Waals surface area (Å²) in [5.74, 6) is 0. The van der Waals surface area contributed by atoms with Crippen LogP contribution in [-0.2, 0) is 0 Å². The quantitative estimate of drug-likeness (QED) is 0.284. The molecule has 3 aromatic rings. The Bertz CT molecular complexity index is 716. The predicted molar refractivity (Wildman–Crippen MR) is 124 cm³/mol. The molecule has 0 aliphatic rings. The van der Waals surface area contributed by atoms with E-state index in [1.165, 1.54) is 41.3 Å². The molecular formula is C25H30NP. The van der Waals surface area contributed by atoms with E-state index in [9.17, 15) is 0 Å². The summed E-state index contributed by atoms with van der Waals surface area (Å²) in [6, 6.07) is 33.6. The third kappa shape index (κ3) is 4.73. The van der Waals surface area contributed by atoms with Crippen LogP contribution in [0.15, 0.2) is 96.0 Å². The van der Waals surface area contributed by atoms with Crippen molar-refractivity contribution in [2.45, 2.75) is 25.7 Å². The van der Waals surface area contributed by atoms with Gasteiger partial charge in [0.15, 0.2) is 0 Å². The normalized spacial score (nSPS) is 12.3. The summed E-state index contributed by atoms with van der Waals surface area (Å²) in [7, 11) is -0.167. The van der Waals surface area contributed by atoms with E-state index in [4.69, 9.17) is 0 Å². The van der Waals surface area contributed by atoms with E-state index in [1.54, 1.807) is 0 Å². The van der Waals surface area contributed by atoms with E-state index in [0.29, 0.717) is 0 Å². The molecule has 0 heterocycles. The fourth-order valence-electron chi connectivity index (χ4n) is 4.03. The topological polar surface area (TPSA) is 12.4 Å². The molecule has 140 valence electrons. The van der Waals surface area contributed by atoms with Gasteiger partial charge in [-0.15, -0.1) is 0 Å². The second-order valence-corrected chi connectivity index (χ2v) is 11.1. The van der Waals surface area contributed by atoms with Gasteiger partial charge in [-0.2, -0.15) is 0 Å². The van der Waals surface area contributed by atoms with E-state index in [-0.39, 0.29) is 0 Å². The molecule has 0 amide bonds. The Morgan fingerprint density at radius 1 is 0.630 bits per heavy atom. The summed E-state index contributed by atoms with van der Waals surface area (Å²) in [5, 5.41) is 4.53. The van der Waals surface area contributed by atoms with Crippen LogP contribution in [0.3, 0.4) is 0 Å². The molecule has 0 aliphatic heterocycles. The van der Waals surface area contributed by atoms with E-state index in [2.05, 4.69) is 96.0 Å². The summed E-state index contributed by atoms with van der Waals surface area (Å²) in [6.07, 6.45) is 8.10. The maximum absolute atomic E-state index is 4.11. The third-order valence-electron chi connectivity index (χ3n) is 5.37. The number of benzene rings is 3. The molecule has 0 N–H and O–H groups in total. The first-order chi connectivity index (χ1) is 13.4. The van der Waals surface area contributed by atoms with E-state index in [0.717, 1.165) is 6.42 Å². The Hall–Kier alpha value is -2.24. The molecule has 2 heteroatoms. The van der Waals surface area contributed by atoms with Gasteiger partial charge in [0.2, 0.25) is 0 Å². The minimum atomic E-state index is -2.03. The van der Waals surface area contributed by atoms with Gasteiger partial charge in [0.05, 0.1) is 0 Å². The van der Waals surface area contributed by atoms with Crippen molar-refractivity contribution < 1.29 is 0 Å². The van der Waals surface area contributed by atoms with Crippen LogP contribution >= 0.6 is 7.26 Å². The van der Waals surface area contributed by atoms with Crippen molar-refractivity contribution in [2.24, 2.45) is 4.99 Å². The van der Waals surface area contributed by atoms with Crippen LogP contribution < -0.4 is 15.9 Å². The van der Waals surface area contributed by atoms with Gasteiger partial charge in [-0.3, -0.25) is 0 Å². The molecule has 3 rings (SSSR count). The predicted octanol–water partition coefficient (Wildman–Crippen LogP) is 4.97. The van der Waals surface area contributed by atoms with Crippen LogP contribution in [0.5, 0.6) is 0 Å². The third-order valence-corrected chi connectivity index (χ3v) is 10.4. The Morgan fingerprint density at radius 2 is 1.07 bits per heavy atom. The fraction of sp³-hybridized carbons (Fsp3) is 0.240. The van der Waals surface area contributed by atoms with Gasteiger partial charge in [0.1, 0.15) is 0 Å². The molecule has 0 aliphatic carbocycles. The Morgan fingerprint density at radius 3 is 1.48 bits per heavy atom. The van der Waals surface area contributed by atoms with Gasteiger partial charge in [0.25, 0.3) is 0 Å². The average molecular weight is 375 g/mol. The van der Waals surface area contributed by atoms with Crippen LogP contribution in [0.4, 0.5) is 0 Å². The van der Waals surface area contributed by atoms with Gasteiger partial charge in [-0.25, -0.2) is 0 Å². The molecule has 0 bridgehead atoms. The maximum atomic E-state index is 4.11. The molecule has 0 atom stereocenters. The number of hydrogen-bond donors (Lipinski definition) is 0. The number of nitrogens with zero attached hydrogens (tertiary/aromatic N) is 1. The Balaban J connectivity index is 2.00. The number of aliphatic imine (C=N–C) groups is 1. The van der Waals surface area contributed by atoms with Crippen molar-refractivity contribution >= 4 is 29.4 Å². The van der Waals surface area contributed by atoms with E-state index in [1.807, 2.05) is 13.3 Å². The molecule has 27 heavy (non-hydrogen) atoms. The SMILES string of the molecule is C/N=C/CCCCC[PH](c1ccccc1)(c1ccccc1)c1ccccc1. The number of unbranched alkanes of at least 4 members (excludes halogenated alkanes) is 3. The Kier molecular flexibility index (Phi) is 7.36. The van der Waals surface area contributed by atoms with Crippen molar-refractivity contribution in [3.8, 4) is 0 Å². The number of hydrogen-bond acceptors (Lipinski definition) is 1. The summed E-state index contributed by atoms with van der Waals surface area (Å²) >= 11 is 0. The first-order valence-corrected chi connectivity index (χ1v) is 12.2. The second kappa shape index (κ2) is 10.2. The summed E-state index contributed by atoms with van der Waals surface area (Å²) in [4.78, 5) is 4.11. The zero-order valence-corrected chi connectivity index (χ0v) is 17.2. The van der Waals surface area contributed by atoms with Gasteiger partial charge in [0, 0.05) is 0 Å². The van der Waals surface area contributed by atoms with Crippen LogP contribution in [0.1, 0.15) is 25.7 Å². The van der Waals surface area contributed by atoms with Gasteiger partial charge in [-0.05, 0) is 0 Å².